The van der Waals surface area contributed by atoms with E-state index in [2.05, 4.69) is 21.1 Å². The van der Waals surface area contributed by atoms with Crippen molar-refractivity contribution in [3.05, 3.63) is 29.8 Å². The molecule has 1 spiro atoms. The average molecular weight is 682 g/mol. The maximum Gasteiger partial charge on any atom is 0.289 e. The van der Waals surface area contributed by atoms with Crippen molar-refractivity contribution in [1.29, 1.82) is 0 Å². The molecule has 4 atom stereocenters. The van der Waals surface area contributed by atoms with Crippen LogP contribution in [0.25, 0.3) is 0 Å². The van der Waals surface area contributed by atoms with Gasteiger partial charge in [-0.25, -0.2) is 0 Å². The van der Waals surface area contributed by atoms with Crippen LogP contribution in [0, 0.1) is 11.3 Å². The fourth-order valence-electron chi connectivity index (χ4n) is 6.78. The minimum atomic E-state index is -1.04. The summed E-state index contributed by atoms with van der Waals surface area (Å²) in [5, 5.41) is 12.9. The number of carbonyl (C=O) groups is 5. The Balaban J connectivity index is 1.38. The number of rotatable bonds is 13. The van der Waals surface area contributed by atoms with Gasteiger partial charge in [0.15, 0.2) is 5.60 Å². The normalized spacial score (nSPS) is 23.7. The van der Waals surface area contributed by atoms with Gasteiger partial charge in [0.05, 0.1) is 25.4 Å². The summed E-state index contributed by atoms with van der Waals surface area (Å²) in [6, 6.07) is 4.37. The van der Waals surface area contributed by atoms with E-state index in [0.29, 0.717) is 37.5 Å². The second-order valence-electron chi connectivity index (χ2n) is 15.0. The predicted octanol–water partition coefficient (Wildman–Crippen LogP) is 2.64. The summed E-state index contributed by atoms with van der Waals surface area (Å²) in [6.45, 7) is 8.74. The van der Waals surface area contributed by atoms with Crippen LogP contribution < -0.4 is 20.7 Å². The molecular formula is C36H51N5O8. The van der Waals surface area contributed by atoms with Gasteiger partial charge in [0.2, 0.25) is 23.5 Å². The Morgan fingerprint density at radius 1 is 1.04 bits per heavy atom. The van der Waals surface area contributed by atoms with E-state index >= 15 is 0 Å². The monoisotopic (exact) mass is 681 g/mol. The molecule has 5 rings (SSSR count). The largest absolute Gasteiger partial charge is 0.497 e. The Morgan fingerprint density at radius 3 is 2.35 bits per heavy atom. The van der Waals surface area contributed by atoms with Crippen LogP contribution in [0.3, 0.4) is 0 Å². The minimum absolute atomic E-state index is 0.00682. The van der Waals surface area contributed by atoms with Crippen molar-refractivity contribution >= 4 is 35.1 Å². The number of methoxy groups -OCH3 is 1. The SMILES string of the molecule is CCC[C@H](NC(=O)[C@@H]1C[C@]2(CC(c3ccc(OC)cc3)=NO2)CN1C(=O)[C@@H](NC(=O)CC1CCOCC1)C(C)(C)C)C(=O)C(=O)NC1CC1. The lowest BCUT2D eigenvalue weighted by molar-refractivity contribution is -0.145. The summed E-state index contributed by atoms with van der Waals surface area (Å²) < 4.78 is 10.7. The zero-order chi connectivity index (χ0) is 35.3. The average Bonchev–Trinajstić information content (AvgIpc) is 3.67. The molecule has 0 radical (unpaired) electrons. The molecule has 268 valence electrons. The van der Waals surface area contributed by atoms with E-state index in [-0.39, 0.29) is 43.7 Å². The summed E-state index contributed by atoms with van der Waals surface area (Å²) >= 11 is 0. The molecule has 3 heterocycles. The van der Waals surface area contributed by atoms with Gasteiger partial charge in [0.25, 0.3) is 5.91 Å². The molecule has 1 aromatic carbocycles. The number of Topliss-reactive ketones (excluding diaryl/α,β-unsaturated/α-hetero) is 1. The molecule has 3 fully saturated rings. The van der Waals surface area contributed by atoms with E-state index in [1.165, 1.54) is 4.90 Å². The first-order valence-corrected chi connectivity index (χ1v) is 17.5. The quantitative estimate of drug-likeness (QED) is 0.268. The van der Waals surface area contributed by atoms with E-state index in [9.17, 15) is 24.0 Å². The Hall–Kier alpha value is -4.00. The second-order valence-corrected chi connectivity index (χ2v) is 15.0. The molecule has 1 aliphatic carbocycles. The third kappa shape index (κ3) is 8.97. The number of carbonyl (C=O) groups excluding carboxylic acids is 5. The maximum atomic E-state index is 14.6. The third-order valence-corrected chi connectivity index (χ3v) is 9.83. The molecule has 13 nitrogen and oxygen atoms in total. The highest BCUT2D eigenvalue weighted by molar-refractivity contribution is 6.38. The number of benzene rings is 1. The molecule has 4 aliphatic rings. The van der Waals surface area contributed by atoms with Crippen LogP contribution >= 0.6 is 0 Å². The number of nitrogens with one attached hydrogen (secondary N) is 3. The van der Waals surface area contributed by atoms with Crippen LogP contribution in [-0.2, 0) is 33.5 Å². The fourth-order valence-corrected chi connectivity index (χ4v) is 6.78. The van der Waals surface area contributed by atoms with Gasteiger partial charge < -0.3 is 35.2 Å². The minimum Gasteiger partial charge on any atom is -0.497 e. The number of hydrogen-bond donors (Lipinski definition) is 3. The molecule has 0 aromatic heterocycles. The molecule has 3 aliphatic heterocycles. The van der Waals surface area contributed by atoms with Crippen molar-refractivity contribution < 1.29 is 38.3 Å². The van der Waals surface area contributed by atoms with Crippen LogP contribution in [0.1, 0.15) is 91.0 Å². The fraction of sp³-hybridized carbons (Fsp3) is 0.667. The first kappa shape index (κ1) is 36.3. The molecule has 0 unspecified atom stereocenters. The highest BCUT2D eigenvalue weighted by atomic mass is 16.7. The van der Waals surface area contributed by atoms with Gasteiger partial charge in [0, 0.05) is 38.5 Å². The van der Waals surface area contributed by atoms with Gasteiger partial charge in [0.1, 0.15) is 17.8 Å². The van der Waals surface area contributed by atoms with Crippen molar-refractivity contribution in [1.82, 2.24) is 20.9 Å². The van der Waals surface area contributed by atoms with Gasteiger partial charge in [-0.3, -0.25) is 24.0 Å². The summed E-state index contributed by atoms with van der Waals surface area (Å²) in [4.78, 5) is 75.4. The van der Waals surface area contributed by atoms with Gasteiger partial charge in [-0.05, 0) is 73.3 Å². The number of oxime groups is 1. The summed E-state index contributed by atoms with van der Waals surface area (Å²) in [5.74, 6) is -1.76. The van der Waals surface area contributed by atoms with Crippen molar-refractivity contribution in [2.24, 2.45) is 16.5 Å². The first-order valence-electron chi connectivity index (χ1n) is 17.5. The highest BCUT2D eigenvalue weighted by Gasteiger charge is 2.55. The lowest BCUT2D eigenvalue weighted by Gasteiger charge is -2.36. The van der Waals surface area contributed by atoms with Crippen LogP contribution in [0.4, 0.5) is 0 Å². The molecule has 3 N–H and O–H groups in total. The first-order chi connectivity index (χ1) is 23.3. The number of likely N-dealkylation sites (tertiary alicyclic amines) is 1. The number of hydrogen-bond acceptors (Lipinski definition) is 9. The summed E-state index contributed by atoms with van der Waals surface area (Å²) in [6.07, 6.45) is 4.76. The summed E-state index contributed by atoms with van der Waals surface area (Å²) in [5.41, 5.74) is -0.201. The molecule has 4 amide bonds. The second kappa shape index (κ2) is 15.3. The number of nitrogens with zero attached hydrogens (tertiary/aromatic N) is 2. The van der Waals surface area contributed by atoms with E-state index in [1.807, 2.05) is 52.0 Å². The molecule has 0 bridgehead atoms. The lowest BCUT2D eigenvalue weighted by Crippen LogP contribution is -2.59. The standard InChI is InChI=1S/C36H51N5O8/c1-6-7-26(30(43)33(45)37-24-10-11-24)38-32(44)28-20-36(19-27(40-49-36)23-8-12-25(47-5)13-9-23)21-41(28)34(46)31(35(2,3)4)39-29(42)18-22-14-16-48-17-15-22/h8-9,12-13,22,24,26,28,31H,6-7,10-11,14-21H2,1-5H3,(H,37,45)(H,38,44)(H,39,42)/t26-,28-,31+,36+/m0/s1. The Labute approximate surface area is 288 Å². The van der Waals surface area contributed by atoms with E-state index in [1.54, 1.807) is 7.11 Å². The number of ketones is 1. The topological polar surface area (TPSA) is 165 Å². The van der Waals surface area contributed by atoms with Crippen LogP contribution in [0.2, 0.25) is 0 Å². The van der Waals surface area contributed by atoms with Crippen molar-refractivity contribution in [2.45, 2.75) is 115 Å². The molecule has 2 saturated heterocycles. The van der Waals surface area contributed by atoms with Gasteiger partial charge >= 0.3 is 0 Å². The van der Waals surface area contributed by atoms with E-state index < -0.39 is 52.6 Å². The molecule has 1 aromatic rings. The van der Waals surface area contributed by atoms with Gasteiger partial charge in [-0.2, -0.15) is 0 Å². The van der Waals surface area contributed by atoms with Crippen LogP contribution in [0.15, 0.2) is 29.4 Å². The molecule has 13 heteroatoms. The third-order valence-electron chi connectivity index (χ3n) is 9.83. The number of amides is 4. The predicted molar refractivity (Wildman–Crippen MR) is 181 cm³/mol. The van der Waals surface area contributed by atoms with Crippen LogP contribution in [-0.4, -0.2) is 96.7 Å². The number of ether oxygens (including phenoxy) is 2. The van der Waals surface area contributed by atoms with Crippen molar-refractivity contribution in [3.8, 4) is 5.75 Å². The summed E-state index contributed by atoms with van der Waals surface area (Å²) in [7, 11) is 1.59. The Morgan fingerprint density at radius 2 is 1.73 bits per heavy atom. The zero-order valence-electron chi connectivity index (χ0n) is 29.3. The van der Waals surface area contributed by atoms with Crippen molar-refractivity contribution in [2.75, 3.05) is 26.9 Å². The zero-order valence-corrected chi connectivity index (χ0v) is 29.3. The maximum absolute atomic E-state index is 14.6. The van der Waals surface area contributed by atoms with Crippen molar-refractivity contribution in [3.63, 3.8) is 0 Å². The lowest BCUT2D eigenvalue weighted by atomic mass is 9.85. The smallest absolute Gasteiger partial charge is 0.289 e. The highest BCUT2D eigenvalue weighted by Crippen LogP contribution is 2.40. The van der Waals surface area contributed by atoms with Gasteiger partial charge in [-0.1, -0.05) is 39.3 Å². The van der Waals surface area contributed by atoms with E-state index in [0.717, 1.165) is 31.2 Å². The van der Waals surface area contributed by atoms with Crippen LogP contribution in [0.5, 0.6) is 5.75 Å². The molecule has 49 heavy (non-hydrogen) atoms. The Kier molecular flexibility index (Phi) is 11.3. The Bertz CT molecular complexity index is 1430. The molecular weight excluding hydrogens is 630 g/mol. The van der Waals surface area contributed by atoms with E-state index in [4.69, 9.17) is 14.3 Å². The van der Waals surface area contributed by atoms with Gasteiger partial charge in [-0.15, -0.1) is 0 Å². The molecule has 1 saturated carbocycles.